The number of anilines is 1. The molecule has 3 aromatic rings. The average Bonchev–Trinajstić information content (AvgIpc) is 2.85. The highest BCUT2D eigenvalue weighted by atomic mass is 79.9. The summed E-state index contributed by atoms with van der Waals surface area (Å²) < 4.78 is 13.8. The molecule has 0 amide bonds. The van der Waals surface area contributed by atoms with Crippen LogP contribution in [0.15, 0.2) is 22.0 Å². The molecule has 0 unspecified atom stereocenters. The Morgan fingerprint density at radius 1 is 1.44 bits per heavy atom. The first kappa shape index (κ1) is 11.7. The Morgan fingerprint density at radius 2 is 2.22 bits per heavy atom. The van der Waals surface area contributed by atoms with Crippen LogP contribution >= 0.6 is 27.3 Å². The van der Waals surface area contributed by atoms with Crippen LogP contribution in [0.5, 0.6) is 0 Å². The van der Waals surface area contributed by atoms with Crippen molar-refractivity contribution in [2.45, 2.75) is 6.92 Å². The molecule has 18 heavy (non-hydrogen) atoms. The molecule has 0 aliphatic carbocycles. The van der Waals surface area contributed by atoms with Crippen LogP contribution in [0.25, 0.3) is 21.7 Å². The SMILES string of the molecule is Cc1csc(-c2nc3cc(Br)c(F)cc3[nH]2)c1N. The van der Waals surface area contributed by atoms with Gasteiger partial charge in [-0.25, -0.2) is 9.37 Å². The van der Waals surface area contributed by atoms with Gasteiger partial charge in [-0.2, -0.15) is 0 Å². The summed E-state index contributed by atoms with van der Waals surface area (Å²) in [6.45, 7) is 1.95. The molecular weight excluding hydrogens is 317 g/mol. The molecule has 0 radical (unpaired) electrons. The molecule has 0 aliphatic heterocycles. The number of nitrogens with one attached hydrogen (secondary N) is 1. The second-order valence-corrected chi connectivity index (χ2v) is 5.76. The normalized spacial score (nSPS) is 11.3. The summed E-state index contributed by atoms with van der Waals surface area (Å²) in [5, 5.41) is 1.98. The second-order valence-electron chi connectivity index (χ2n) is 4.03. The molecule has 0 atom stereocenters. The van der Waals surface area contributed by atoms with Gasteiger partial charge < -0.3 is 10.7 Å². The fourth-order valence-corrected chi connectivity index (χ4v) is 3.00. The van der Waals surface area contributed by atoms with Crippen molar-refractivity contribution >= 4 is 44.0 Å². The van der Waals surface area contributed by atoms with Crippen molar-refractivity contribution in [2.24, 2.45) is 0 Å². The van der Waals surface area contributed by atoms with Gasteiger partial charge in [-0.15, -0.1) is 11.3 Å². The standard InChI is InChI=1S/C12H9BrFN3S/c1-5-4-18-11(10(5)15)12-16-8-2-6(13)7(14)3-9(8)17-12/h2-4H,15H2,1H3,(H,16,17). The van der Waals surface area contributed by atoms with Gasteiger partial charge in [-0.3, -0.25) is 0 Å². The van der Waals surface area contributed by atoms with Crippen molar-refractivity contribution in [1.29, 1.82) is 0 Å². The molecule has 0 aliphatic rings. The van der Waals surface area contributed by atoms with Crippen LogP contribution in [-0.2, 0) is 0 Å². The Hall–Kier alpha value is -1.40. The van der Waals surface area contributed by atoms with Crippen LogP contribution in [0.4, 0.5) is 10.1 Å². The van der Waals surface area contributed by atoms with Crippen molar-refractivity contribution in [1.82, 2.24) is 9.97 Å². The van der Waals surface area contributed by atoms with E-state index in [0.717, 1.165) is 16.1 Å². The van der Waals surface area contributed by atoms with Gasteiger partial charge in [0.2, 0.25) is 0 Å². The summed E-state index contributed by atoms with van der Waals surface area (Å²) in [4.78, 5) is 8.42. The molecule has 3 N–H and O–H groups in total. The third-order valence-electron chi connectivity index (χ3n) is 2.76. The van der Waals surface area contributed by atoms with Crippen molar-refractivity contribution in [3.05, 3.63) is 33.4 Å². The minimum absolute atomic E-state index is 0.312. The van der Waals surface area contributed by atoms with E-state index >= 15 is 0 Å². The van der Waals surface area contributed by atoms with E-state index in [-0.39, 0.29) is 5.82 Å². The Morgan fingerprint density at radius 3 is 2.89 bits per heavy atom. The lowest BCUT2D eigenvalue weighted by Gasteiger charge is -1.94. The molecule has 0 saturated heterocycles. The third-order valence-corrected chi connectivity index (χ3v) is 4.49. The van der Waals surface area contributed by atoms with Gasteiger partial charge in [0, 0.05) is 6.07 Å². The van der Waals surface area contributed by atoms with Crippen LogP contribution in [-0.4, -0.2) is 9.97 Å². The number of hydrogen-bond acceptors (Lipinski definition) is 3. The van der Waals surface area contributed by atoms with Crippen molar-refractivity contribution in [3.63, 3.8) is 0 Å². The van der Waals surface area contributed by atoms with Gasteiger partial charge in [0.15, 0.2) is 5.82 Å². The van der Waals surface area contributed by atoms with E-state index in [1.165, 1.54) is 17.4 Å². The fourth-order valence-electron chi connectivity index (χ4n) is 1.75. The molecular formula is C12H9BrFN3S. The monoisotopic (exact) mass is 325 g/mol. The number of aromatic nitrogens is 2. The molecule has 3 rings (SSSR count). The van der Waals surface area contributed by atoms with Crippen LogP contribution in [0.1, 0.15) is 5.56 Å². The summed E-state index contributed by atoms with van der Waals surface area (Å²) in [5.41, 5.74) is 9.11. The maximum Gasteiger partial charge on any atom is 0.150 e. The quantitative estimate of drug-likeness (QED) is 0.708. The molecule has 0 saturated carbocycles. The first-order valence-corrected chi connectivity index (χ1v) is 6.92. The van der Waals surface area contributed by atoms with Gasteiger partial charge in [0.1, 0.15) is 5.82 Å². The van der Waals surface area contributed by atoms with E-state index in [4.69, 9.17) is 5.73 Å². The zero-order valence-corrected chi connectivity index (χ0v) is 11.8. The topological polar surface area (TPSA) is 54.7 Å². The number of nitrogen functional groups attached to an aromatic ring is 1. The molecule has 0 fully saturated rings. The van der Waals surface area contributed by atoms with Gasteiger partial charge in [0.25, 0.3) is 0 Å². The van der Waals surface area contributed by atoms with E-state index < -0.39 is 0 Å². The summed E-state index contributed by atoms with van der Waals surface area (Å²) >= 11 is 4.68. The molecule has 92 valence electrons. The maximum atomic E-state index is 13.4. The molecule has 6 heteroatoms. The number of thiophene rings is 1. The highest BCUT2D eigenvalue weighted by Crippen LogP contribution is 2.34. The number of nitrogens with two attached hydrogens (primary N) is 1. The number of hydrogen-bond donors (Lipinski definition) is 2. The number of aryl methyl sites for hydroxylation is 1. The number of nitrogens with zero attached hydrogens (tertiary/aromatic N) is 1. The first-order valence-electron chi connectivity index (χ1n) is 5.25. The lowest BCUT2D eigenvalue weighted by atomic mass is 10.3. The number of H-pyrrole nitrogens is 1. The Kier molecular flexibility index (Phi) is 2.64. The molecule has 1 aromatic carbocycles. The predicted octanol–water partition coefficient (Wildman–Crippen LogP) is 4.08. The number of aromatic amines is 1. The lowest BCUT2D eigenvalue weighted by Crippen LogP contribution is -1.87. The number of halogens is 2. The van der Waals surface area contributed by atoms with Crippen molar-refractivity contribution in [2.75, 3.05) is 5.73 Å². The number of imidazole rings is 1. The van der Waals surface area contributed by atoms with E-state index in [0.29, 0.717) is 21.3 Å². The van der Waals surface area contributed by atoms with E-state index in [1.807, 2.05) is 12.3 Å². The minimum Gasteiger partial charge on any atom is -0.397 e. The second kappa shape index (κ2) is 4.07. The van der Waals surface area contributed by atoms with Crippen LogP contribution in [0.3, 0.4) is 0 Å². The molecule has 2 aromatic heterocycles. The highest BCUT2D eigenvalue weighted by Gasteiger charge is 2.13. The minimum atomic E-state index is -0.312. The van der Waals surface area contributed by atoms with Crippen LogP contribution < -0.4 is 5.73 Å². The number of benzene rings is 1. The largest absolute Gasteiger partial charge is 0.397 e. The lowest BCUT2D eigenvalue weighted by molar-refractivity contribution is 0.623. The van der Waals surface area contributed by atoms with Crippen LogP contribution in [0, 0.1) is 12.7 Å². The average molecular weight is 326 g/mol. The van der Waals surface area contributed by atoms with E-state index in [2.05, 4.69) is 25.9 Å². The molecule has 2 heterocycles. The summed E-state index contributed by atoms with van der Waals surface area (Å²) in [6.07, 6.45) is 0. The Balaban J connectivity index is 2.22. The Bertz CT molecular complexity index is 708. The van der Waals surface area contributed by atoms with Gasteiger partial charge in [0.05, 0.1) is 26.1 Å². The first-order chi connectivity index (χ1) is 8.56. The highest BCUT2D eigenvalue weighted by molar-refractivity contribution is 9.10. The predicted molar refractivity (Wildman–Crippen MR) is 76.2 cm³/mol. The number of fused-ring (bicyclic) bond motifs is 1. The van der Waals surface area contributed by atoms with Gasteiger partial charge in [-0.1, -0.05) is 0 Å². The van der Waals surface area contributed by atoms with Crippen molar-refractivity contribution in [3.8, 4) is 10.7 Å². The molecule has 3 nitrogen and oxygen atoms in total. The molecule has 0 spiro atoms. The zero-order chi connectivity index (χ0) is 12.9. The third kappa shape index (κ3) is 1.72. The zero-order valence-electron chi connectivity index (χ0n) is 9.42. The summed E-state index contributed by atoms with van der Waals surface area (Å²) in [5.74, 6) is 0.367. The van der Waals surface area contributed by atoms with E-state index in [9.17, 15) is 4.39 Å². The maximum absolute atomic E-state index is 13.4. The summed E-state index contributed by atoms with van der Waals surface area (Å²) in [6, 6.07) is 3.08. The van der Waals surface area contributed by atoms with Crippen molar-refractivity contribution < 1.29 is 4.39 Å². The fraction of sp³-hybridized carbons (Fsp3) is 0.0833. The van der Waals surface area contributed by atoms with Gasteiger partial charge in [-0.05, 0) is 39.9 Å². The summed E-state index contributed by atoms with van der Waals surface area (Å²) in [7, 11) is 0. The number of rotatable bonds is 1. The smallest absolute Gasteiger partial charge is 0.150 e. The molecule has 0 bridgehead atoms. The van der Waals surface area contributed by atoms with E-state index in [1.54, 1.807) is 6.07 Å². The Labute approximate surface area is 115 Å². The van der Waals surface area contributed by atoms with Crippen LogP contribution in [0.2, 0.25) is 0 Å². The van der Waals surface area contributed by atoms with Gasteiger partial charge >= 0.3 is 0 Å².